The average Bonchev–Trinajstić information content (AvgIpc) is 3.00. The standard InChI is InChI=1S/C42H74O5/c1-8-10-12-14-16-18-20-22-24-26-28-30-42(37(39(44)45)40(46)47,29-27-25-23-21-19-17-15-13-11-9-2)32-35-31-36(41(5,6)7)38(43)34(4)33(35)3/h31,37,43H,8-30,32H2,1-7H3,(H,44,45)(H,46,47). The van der Waals surface area contributed by atoms with E-state index in [9.17, 15) is 24.9 Å². The number of carboxylic acids is 2. The van der Waals surface area contributed by atoms with Crippen molar-refractivity contribution in [2.24, 2.45) is 11.3 Å². The summed E-state index contributed by atoms with van der Waals surface area (Å²) in [6.07, 6.45) is 26.7. The van der Waals surface area contributed by atoms with Gasteiger partial charge in [-0.2, -0.15) is 0 Å². The molecule has 0 aromatic heterocycles. The van der Waals surface area contributed by atoms with Gasteiger partial charge >= 0.3 is 11.9 Å². The number of unbranched alkanes of at least 4 members (excludes halogenated alkanes) is 19. The van der Waals surface area contributed by atoms with Gasteiger partial charge in [-0.05, 0) is 66.2 Å². The predicted octanol–water partition coefficient (Wildman–Crippen LogP) is 12.6. The largest absolute Gasteiger partial charge is 0.507 e. The number of aliphatic carboxylic acids is 2. The number of aromatic hydroxyl groups is 1. The Morgan fingerprint density at radius 3 is 1.26 bits per heavy atom. The maximum Gasteiger partial charge on any atom is 0.318 e. The Morgan fingerprint density at radius 2 is 0.936 bits per heavy atom. The van der Waals surface area contributed by atoms with Gasteiger partial charge in [-0.1, -0.05) is 176 Å². The van der Waals surface area contributed by atoms with Crippen molar-refractivity contribution < 1.29 is 24.9 Å². The molecule has 0 amide bonds. The van der Waals surface area contributed by atoms with E-state index in [0.717, 1.165) is 60.8 Å². The van der Waals surface area contributed by atoms with Crippen LogP contribution in [0.25, 0.3) is 0 Å². The van der Waals surface area contributed by atoms with Crippen LogP contribution < -0.4 is 0 Å². The fourth-order valence-electron chi connectivity index (χ4n) is 7.53. The van der Waals surface area contributed by atoms with Crippen molar-refractivity contribution in [3.63, 3.8) is 0 Å². The number of benzene rings is 1. The summed E-state index contributed by atoms with van der Waals surface area (Å²) < 4.78 is 0. The minimum atomic E-state index is -1.46. The van der Waals surface area contributed by atoms with E-state index >= 15 is 0 Å². The average molecular weight is 659 g/mol. The van der Waals surface area contributed by atoms with Gasteiger partial charge in [0.2, 0.25) is 0 Å². The zero-order chi connectivity index (χ0) is 35.3. The molecular formula is C42H74O5. The van der Waals surface area contributed by atoms with E-state index in [1.807, 2.05) is 19.9 Å². The molecule has 1 rings (SSSR count). The third-order valence-corrected chi connectivity index (χ3v) is 10.7. The molecule has 5 nitrogen and oxygen atoms in total. The molecule has 272 valence electrons. The second kappa shape index (κ2) is 23.3. The first kappa shape index (κ1) is 43.0. The van der Waals surface area contributed by atoms with Crippen LogP contribution in [0.2, 0.25) is 0 Å². The molecule has 0 spiro atoms. The minimum absolute atomic E-state index is 0.289. The first-order valence-electron chi connectivity index (χ1n) is 19.6. The fourth-order valence-corrected chi connectivity index (χ4v) is 7.53. The van der Waals surface area contributed by atoms with E-state index < -0.39 is 23.3 Å². The Morgan fingerprint density at radius 1 is 0.596 bits per heavy atom. The maximum atomic E-state index is 12.8. The fraction of sp³-hybridized carbons (Fsp3) is 0.810. The molecule has 0 aliphatic rings. The van der Waals surface area contributed by atoms with Crippen molar-refractivity contribution in [1.29, 1.82) is 0 Å². The second-order valence-corrected chi connectivity index (χ2v) is 15.8. The van der Waals surface area contributed by atoms with Crippen LogP contribution in [0.1, 0.15) is 205 Å². The Labute approximate surface area is 289 Å². The molecule has 0 saturated carbocycles. The molecule has 0 heterocycles. The highest BCUT2D eigenvalue weighted by Crippen LogP contribution is 2.46. The van der Waals surface area contributed by atoms with Crippen LogP contribution in [0.4, 0.5) is 0 Å². The van der Waals surface area contributed by atoms with Gasteiger partial charge in [0.05, 0.1) is 0 Å². The quantitative estimate of drug-likeness (QED) is 0.0615. The monoisotopic (exact) mass is 659 g/mol. The lowest BCUT2D eigenvalue weighted by Gasteiger charge is -2.39. The van der Waals surface area contributed by atoms with Crippen molar-refractivity contribution in [2.45, 2.75) is 208 Å². The molecule has 1 aromatic carbocycles. The lowest BCUT2D eigenvalue weighted by atomic mass is 9.64. The highest BCUT2D eigenvalue weighted by atomic mass is 16.4. The number of carbonyl (C=O) groups is 2. The second-order valence-electron chi connectivity index (χ2n) is 15.8. The highest BCUT2D eigenvalue weighted by Gasteiger charge is 2.47. The molecule has 0 fully saturated rings. The third-order valence-electron chi connectivity index (χ3n) is 10.7. The van der Waals surface area contributed by atoms with Crippen LogP contribution in [-0.2, 0) is 21.4 Å². The summed E-state index contributed by atoms with van der Waals surface area (Å²) >= 11 is 0. The summed E-state index contributed by atoms with van der Waals surface area (Å²) in [7, 11) is 0. The summed E-state index contributed by atoms with van der Waals surface area (Å²) in [5.74, 6) is -3.62. The van der Waals surface area contributed by atoms with Gasteiger partial charge in [0.15, 0.2) is 5.92 Å². The number of hydrogen-bond donors (Lipinski definition) is 3. The summed E-state index contributed by atoms with van der Waals surface area (Å²) in [5, 5.41) is 31.9. The molecule has 0 aliphatic heterocycles. The van der Waals surface area contributed by atoms with Crippen LogP contribution in [0.15, 0.2) is 6.07 Å². The summed E-state index contributed by atoms with van der Waals surface area (Å²) in [5.41, 5.74) is 2.37. The van der Waals surface area contributed by atoms with Crippen molar-refractivity contribution in [3.8, 4) is 5.75 Å². The SMILES string of the molecule is CCCCCCCCCCCCCC(CCCCCCCCCCCC)(Cc1cc(C(C)(C)C)c(O)c(C)c1C)C(C(=O)O)C(=O)O. The van der Waals surface area contributed by atoms with Crippen molar-refractivity contribution in [2.75, 3.05) is 0 Å². The Kier molecular flexibility index (Phi) is 21.3. The highest BCUT2D eigenvalue weighted by molar-refractivity contribution is 5.94. The summed E-state index contributed by atoms with van der Waals surface area (Å²) in [6.45, 7) is 14.6. The van der Waals surface area contributed by atoms with E-state index in [1.165, 1.54) is 96.3 Å². The van der Waals surface area contributed by atoms with Gasteiger partial charge in [-0.25, -0.2) is 0 Å². The Hall–Kier alpha value is -2.04. The molecule has 1 unspecified atom stereocenters. The van der Waals surface area contributed by atoms with Crippen LogP contribution in [0.5, 0.6) is 5.75 Å². The molecular weight excluding hydrogens is 584 g/mol. The van der Waals surface area contributed by atoms with Crippen molar-refractivity contribution in [1.82, 2.24) is 0 Å². The molecule has 3 N–H and O–H groups in total. The van der Waals surface area contributed by atoms with Gasteiger partial charge in [0, 0.05) is 0 Å². The van der Waals surface area contributed by atoms with Crippen LogP contribution in [0, 0.1) is 25.2 Å². The van der Waals surface area contributed by atoms with Crippen LogP contribution in [-0.4, -0.2) is 27.3 Å². The van der Waals surface area contributed by atoms with Gasteiger partial charge in [-0.3, -0.25) is 9.59 Å². The van der Waals surface area contributed by atoms with E-state index in [2.05, 4.69) is 34.6 Å². The zero-order valence-electron chi connectivity index (χ0n) is 31.8. The van der Waals surface area contributed by atoms with Gasteiger partial charge in [0.1, 0.15) is 5.75 Å². The number of phenols is 1. The Balaban J connectivity index is 3.17. The summed E-state index contributed by atoms with van der Waals surface area (Å²) in [6, 6.07) is 2.03. The van der Waals surface area contributed by atoms with Gasteiger partial charge in [-0.15, -0.1) is 0 Å². The number of carboxylic acid groups (broad SMARTS) is 2. The predicted molar refractivity (Wildman–Crippen MR) is 199 cm³/mol. The van der Waals surface area contributed by atoms with Gasteiger partial charge < -0.3 is 15.3 Å². The smallest absolute Gasteiger partial charge is 0.318 e. The van der Waals surface area contributed by atoms with E-state index in [-0.39, 0.29) is 11.2 Å². The molecule has 0 saturated heterocycles. The Bertz CT molecular complexity index is 1010. The normalized spacial score (nSPS) is 13.3. The summed E-state index contributed by atoms with van der Waals surface area (Å²) in [4.78, 5) is 25.5. The van der Waals surface area contributed by atoms with Crippen LogP contribution >= 0.6 is 0 Å². The number of hydrogen-bond acceptors (Lipinski definition) is 3. The minimum Gasteiger partial charge on any atom is -0.507 e. The molecule has 1 atom stereocenters. The molecule has 1 aromatic rings. The van der Waals surface area contributed by atoms with Crippen molar-refractivity contribution >= 4 is 11.9 Å². The number of rotatable bonds is 28. The van der Waals surface area contributed by atoms with E-state index in [0.29, 0.717) is 19.3 Å². The first-order chi connectivity index (χ1) is 22.3. The zero-order valence-corrected chi connectivity index (χ0v) is 31.8. The van der Waals surface area contributed by atoms with E-state index in [1.54, 1.807) is 0 Å². The van der Waals surface area contributed by atoms with Crippen LogP contribution in [0.3, 0.4) is 0 Å². The molecule has 47 heavy (non-hydrogen) atoms. The van der Waals surface area contributed by atoms with E-state index in [4.69, 9.17) is 0 Å². The maximum absolute atomic E-state index is 12.8. The first-order valence-corrected chi connectivity index (χ1v) is 19.6. The topological polar surface area (TPSA) is 94.8 Å². The third kappa shape index (κ3) is 15.8. The lowest BCUT2D eigenvalue weighted by Crippen LogP contribution is -2.43. The molecule has 5 heteroatoms. The molecule has 0 bridgehead atoms. The molecule has 0 aliphatic carbocycles. The lowest BCUT2D eigenvalue weighted by molar-refractivity contribution is -0.162. The molecule has 0 radical (unpaired) electrons. The van der Waals surface area contributed by atoms with Crippen molar-refractivity contribution in [3.05, 3.63) is 28.3 Å². The van der Waals surface area contributed by atoms with Gasteiger partial charge in [0.25, 0.3) is 0 Å². The number of phenolic OH excluding ortho intramolecular Hbond substituents is 1.